The van der Waals surface area contributed by atoms with E-state index >= 15 is 0 Å². The molecule has 0 saturated heterocycles. The molecule has 0 bridgehead atoms. The largest absolute Gasteiger partial charge is 0.468 e. The lowest BCUT2D eigenvalue weighted by Crippen LogP contribution is -2.18. The number of nitrogens with two attached hydrogens (primary N) is 1. The average molecular weight is 606 g/mol. The van der Waals surface area contributed by atoms with Gasteiger partial charge in [0.25, 0.3) is 11.8 Å². The van der Waals surface area contributed by atoms with Gasteiger partial charge in [-0.15, -0.1) is 11.3 Å². The number of carbonyl (C=O) groups excluding carboxylic acids is 2. The van der Waals surface area contributed by atoms with Crippen molar-refractivity contribution in [3.8, 4) is 16.9 Å². The van der Waals surface area contributed by atoms with Gasteiger partial charge < -0.3 is 15.8 Å². The van der Waals surface area contributed by atoms with Gasteiger partial charge in [0.1, 0.15) is 15.4 Å². The molecular weight excluding hydrogens is 590 g/mol. The van der Waals surface area contributed by atoms with Crippen molar-refractivity contribution in [2.45, 2.75) is 12.9 Å². The zero-order valence-corrected chi connectivity index (χ0v) is 22.3. The summed E-state index contributed by atoms with van der Waals surface area (Å²) >= 11 is 12.9. The predicted octanol–water partition coefficient (Wildman–Crippen LogP) is 6.87. The summed E-state index contributed by atoms with van der Waals surface area (Å²) in [6.07, 6.45) is -3.28. The van der Waals surface area contributed by atoms with Crippen LogP contribution in [0.3, 0.4) is 0 Å². The monoisotopic (exact) mass is 605 g/mol. The van der Waals surface area contributed by atoms with Crippen molar-refractivity contribution < 1.29 is 27.5 Å². The molecule has 0 radical (unpaired) electrons. The minimum Gasteiger partial charge on any atom is -0.468 e. The quantitative estimate of drug-likeness (QED) is 0.210. The van der Waals surface area contributed by atoms with Crippen molar-refractivity contribution >= 4 is 62.3 Å². The second-order valence-corrected chi connectivity index (χ2v) is 10.1. The number of amides is 2. The van der Waals surface area contributed by atoms with Crippen LogP contribution < -0.4 is 15.8 Å². The number of primary amides is 1. The highest BCUT2D eigenvalue weighted by Gasteiger charge is 2.35. The third-order valence-corrected chi connectivity index (χ3v) is 7.33. The van der Waals surface area contributed by atoms with Gasteiger partial charge in [-0.3, -0.25) is 9.59 Å². The van der Waals surface area contributed by atoms with E-state index in [2.05, 4.69) is 15.4 Å². The van der Waals surface area contributed by atoms with E-state index in [4.69, 9.17) is 33.7 Å². The number of thiophene rings is 1. The summed E-state index contributed by atoms with van der Waals surface area (Å²) in [7, 11) is 0. The molecule has 204 valence electrons. The zero-order chi connectivity index (χ0) is 28.6. The maximum absolute atomic E-state index is 13.7. The van der Waals surface area contributed by atoms with Gasteiger partial charge in [-0.25, -0.2) is 9.67 Å². The number of benzene rings is 2. The fourth-order valence-corrected chi connectivity index (χ4v) is 5.38. The van der Waals surface area contributed by atoms with Gasteiger partial charge in [-0.2, -0.15) is 18.3 Å². The van der Waals surface area contributed by atoms with Gasteiger partial charge in [0.15, 0.2) is 18.2 Å². The molecule has 2 amide bonds. The van der Waals surface area contributed by atoms with E-state index in [9.17, 15) is 22.8 Å². The molecule has 3 heterocycles. The first-order chi connectivity index (χ1) is 19.0. The molecule has 0 saturated carbocycles. The minimum absolute atomic E-state index is 0.0637. The number of ether oxygens (including phenoxy) is 1. The van der Waals surface area contributed by atoms with E-state index in [1.807, 2.05) is 0 Å². The van der Waals surface area contributed by atoms with Crippen LogP contribution in [-0.4, -0.2) is 26.6 Å². The molecule has 0 fully saturated rings. The van der Waals surface area contributed by atoms with E-state index in [0.29, 0.717) is 16.9 Å². The van der Waals surface area contributed by atoms with Crippen LogP contribution in [0.2, 0.25) is 10.0 Å². The molecule has 5 rings (SSSR count). The van der Waals surface area contributed by atoms with Crippen molar-refractivity contribution in [3.63, 3.8) is 0 Å². The van der Waals surface area contributed by atoms with E-state index < -0.39 is 23.7 Å². The number of alkyl halides is 3. The molecule has 2 aromatic carbocycles. The van der Waals surface area contributed by atoms with E-state index in [1.54, 1.807) is 48.5 Å². The number of hydrogen-bond donors (Lipinski definition) is 2. The molecule has 40 heavy (non-hydrogen) atoms. The molecule has 5 aromatic rings. The van der Waals surface area contributed by atoms with Gasteiger partial charge in [-0.1, -0.05) is 59.6 Å². The third kappa shape index (κ3) is 5.46. The van der Waals surface area contributed by atoms with Crippen LogP contribution in [0.25, 0.3) is 21.3 Å². The number of nitrogens with one attached hydrogen (secondary N) is 1. The highest BCUT2D eigenvalue weighted by molar-refractivity contribution is 7.21. The number of halogens is 5. The molecule has 0 unspecified atom stereocenters. The molecular formula is C26H16Cl2F3N5O3S. The van der Waals surface area contributed by atoms with Gasteiger partial charge in [0, 0.05) is 11.6 Å². The highest BCUT2D eigenvalue weighted by Crippen LogP contribution is 2.43. The number of fused-ring (bicyclic) bond motifs is 1. The SMILES string of the molecule is NC(=O)c1sc2nc(C(F)(F)F)cc(-c3ccccc3)c2c1NC(=O)c1ccn(COc2c(Cl)cccc2Cl)n1. The molecule has 3 N–H and O–H groups in total. The number of aromatic nitrogens is 3. The number of carbonyl (C=O) groups is 2. The summed E-state index contributed by atoms with van der Waals surface area (Å²) in [5, 5.41) is 7.48. The molecule has 8 nitrogen and oxygen atoms in total. The maximum atomic E-state index is 13.7. The molecule has 14 heteroatoms. The average Bonchev–Trinajstić information content (AvgIpc) is 3.53. The Morgan fingerprint density at radius 3 is 2.40 bits per heavy atom. The zero-order valence-electron chi connectivity index (χ0n) is 20.0. The summed E-state index contributed by atoms with van der Waals surface area (Å²) < 4.78 is 47.9. The topological polar surface area (TPSA) is 112 Å². The summed E-state index contributed by atoms with van der Waals surface area (Å²) in [5.74, 6) is -1.45. The fraction of sp³-hybridized carbons (Fsp3) is 0.0769. The van der Waals surface area contributed by atoms with Crippen LogP contribution in [0.4, 0.5) is 18.9 Å². The fourth-order valence-electron chi connectivity index (χ4n) is 3.87. The maximum Gasteiger partial charge on any atom is 0.433 e. The Balaban J connectivity index is 1.51. The molecule has 0 atom stereocenters. The Bertz CT molecular complexity index is 1740. The Labute approximate surface area is 238 Å². The predicted molar refractivity (Wildman–Crippen MR) is 146 cm³/mol. The summed E-state index contributed by atoms with van der Waals surface area (Å²) in [6.45, 7) is -0.132. The van der Waals surface area contributed by atoms with Crippen molar-refractivity contribution in [1.82, 2.24) is 14.8 Å². The number of rotatable bonds is 7. The summed E-state index contributed by atoms with van der Waals surface area (Å²) in [5.41, 5.74) is 4.80. The second kappa shape index (κ2) is 10.8. The first kappa shape index (κ1) is 27.4. The number of anilines is 1. The van der Waals surface area contributed by atoms with E-state index in [-0.39, 0.29) is 54.6 Å². The third-order valence-electron chi connectivity index (χ3n) is 5.63. The van der Waals surface area contributed by atoms with Gasteiger partial charge >= 0.3 is 6.18 Å². The van der Waals surface area contributed by atoms with Gasteiger partial charge in [0.05, 0.1) is 15.7 Å². The second-order valence-electron chi connectivity index (χ2n) is 8.29. The number of nitrogens with zero attached hydrogens (tertiary/aromatic N) is 3. The van der Waals surface area contributed by atoms with E-state index in [0.717, 1.165) is 6.07 Å². The van der Waals surface area contributed by atoms with Crippen LogP contribution in [0, 0.1) is 0 Å². The summed E-state index contributed by atoms with van der Waals surface area (Å²) in [4.78, 5) is 28.9. The van der Waals surface area contributed by atoms with Gasteiger partial charge in [0.2, 0.25) is 0 Å². The lowest BCUT2D eigenvalue weighted by molar-refractivity contribution is -0.140. The summed E-state index contributed by atoms with van der Waals surface area (Å²) in [6, 6.07) is 15.3. The van der Waals surface area contributed by atoms with Crippen LogP contribution in [-0.2, 0) is 12.9 Å². The van der Waals surface area contributed by atoms with Gasteiger partial charge in [-0.05, 0) is 35.4 Å². The van der Waals surface area contributed by atoms with Crippen LogP contribution >= 0.6 is 34.5 Å². The van der Waals surface area contributed by atoms with Crippen molar-refractivity contribution in [2.24, 2.45) is 5.73 Å². The van der Waals surface area contributed by atoms with Crippen molar-refractivity contribution in [2.75, 3.05) is 5.32 Å². The van der Waals surface area contributed by atoms with Crippen molar-refractivity contribution in [1.29, 1.82) is 0 Å². The normalized spacial score (nSPS) is 11.5. The van der Waals surface area contributed by atoms with Crippen LogP contribution in [0.15, 0.2) is 66.9 Å². The van der Waals surface area contributed by atoms with Crippen molar-refractivity contribution in [3.05, 3.63) is 93.2 Å². The van der Waals surface area contributed by atoms with Crippen LogP contribution in [0.5, 0.6) is 5.75 Å². The number of hydrogen-bond acceptors (Lipinski definition) is 6. The smallest absolute Gasteiger partial charge is 0.433 e. The Kier molecular flexibility index (Phi) is 7.41. The highest BCUT2D eigenvalue weighted by atomic mass is 35.5. The first-order valence-corrected chi connectivity index (χ1v) is 12.9. The molecule has 0 aliphatic carbocycles. The standard InChI is InChI=1S/C26H16Cl2F3N5O3S/c27-15-7-4-8-16(28)21(15)39-12-36-10-9-17(35-36)24(38)34-20-19-14(13-5-2-1-3-6-13)11-18(26(29,30)31)33-25(19)40-22(20)23(32)37/h1-11H,12H2,(H2,32,37)(H,34,38). The van der Waals surface area contributed by atoms with E-state index in [1.165, 1.54) is 16.9 Å². The lowest BCUT2D eigenvalue weighted by Gasteiger charge is -2.12. The Hall–Kier alpha value is -4.13. The lowest BCUT2D eigenvalue weighted by atomic mass is 10.0. The molecule has 0 aliphatic rings. The molecule has 0 aliphatic heterocycles. The Morgan fingerprint density at radius 2 is 1.75 bits per heavy atom. The molecule has 3 aromatic heterocycles. The number of pyridine rings is 1. The number of para-hydroxylation sites is 1. The first-order valence-electron chi connectivity index (χ1n) is 11.3. The molecule has 0 spiro atoms. The Morgan fingerprint density at radius 1 is 1.05 bits per heavy atom. The van der Waals surface area contributed by atoms with Crippen LogP contribution in [0.1, 0.15) is 25.9 Å². The minimum atomic E-state index is -4.75.